The summed E-state index contributed by atoms with van der Waals surface area (Å²) in [6, 6.07) is 13.9. The monoisotopic (exact) mass is 395 g/mol. The van der Waals surface area contributed by atoms with Crippen LogP contribution in [0.5, 0.6) is 11.5 Å². The van der Waals surface area contributed by atoms with E-state index in [0.717, 1.165) is 47.1 Å². The summed E-state index contributed by atoms with van der Waals surface area (Å²) in [5.74, 6) is 1.58. The Bertz CT molecular complexity index is 986. The molecule has 0 saturated carbocycles. The normalized spacial score (nSPS) is 18.4. The molecule has 1 saturated heterocycles. The lowest BCUT2D eigenvalue weighted by Gasteiger charge is -2.31. The Kier molecular flexibility index (Phi) is 4.52. The number of para-hydroxylation sites is 1. The number of nitrogens with one attached hydrogen (secondary N) is 1. The van der Waals surface area contributed by atoms with E-state index in [1.165, 1.54) is 4.70 Å². The Labute approximate surface area is 167 Å². The number of hydrogen-bond donors (Lipinski definition) is 1. The van der Waals surface area contributed by atoms with Gasteiger partial charge < -0.3 is 19.7 Å². The topological polar surface area (TPSA) is 63.7 Å². The number of fused-ring (bicyclic) bond motifs is 2. The third-order valence-corrected chi connectivity index (χ3v) is 6.35. The minimum Gasteiger partial charge on any atom is -0.454 e. The van der Waals surface area contributed by atoms with Gasteiger partial charge in [0.2, 0.25) is 12.7 Å². The second-order valence-corrected chi connectivity index (χ2v) is 8.16. The van der Waals surface area contributed by atoms with Crippen LogP contribution in [-0.2, 0) is 11.3 Å². The number of thiazole rings is 1. The van der Waals surface area contributed by atoms with Crippen molar-refractivity contribution in [3.63, 3.8) is 0 Å². The third-order valence-electron chi connectivity index (χ3n) is 5.25. The number of benzene rings is 2. The number of carbonyl (C=O) groups is 1. The lowest BCUT2D eigenvalue weighted by atomic mass is 9.97. The maximum Gasteiger partial charge on any atom is 0.231 e. The minimum absolute atomic E-state index is 0.0187. The first-order valence-electron chi connectivity index (χ1n) is 9.53. The maximum absolute atomic E-state index is 12.7. The Balaban J connectivity index is 1.22. The second kappa shape index (κ2) is 7.31. The molecule has 28 heavy (non-hydrogen) atoms. The summed E-state index contributed by atoms with van der Waals surface area (Å²) in [6.45, 7) is 2.42. The van der Waals surface area contributed by atoms with Crippen molar-refractivity contribution in [3.8, 4) is 11.5 Å². The molecule has 2 aliphatic rings. The number of rotatable bonds is 4. The number of ether oxygens (including phenoxy) is 2. The number of carbonyl (C=O) groups excluding carboxylic acids is 1. The van der Waals surface area contributed by atoms with Gasteiger partial charge in [0.15, 0.2) is 16.6 Å². The average Bonchev–Trinajstić information content (AvgIpc) is 3.38. The molecule has 1 aromatic heterocycles. The largest absolute Gasteiger partial charge is 0.454 e. The molecule has 0 bridgehead atoms. The van der Waals surface area contributed by atoms with Crippen LogP contribution < -0.4 is 19.7 Å². The Morgan fingerprint density at radius 1 is 1.21 bits per heavy atom. The Morgan fingerprint density at radius 2 is 2.11 bits per heavy atom. The molecule has 1 N–H and O–H groups in total. The minimum atomic E-state index is -0.0187. The molecule has 0 radical (unpaired) electrons. The summed E-state index contributed by atoms with van der Waals surface area (Å²) >= 11 is 1.70. The summed E-state index contributed by atoms with van der Waals surface area (Å²) < 4.78 is 11.9. The summed E-state index contributed by atoms with van der Waals surface area (Å²) in [5, 5.41) is 4.09. The van der Waals surface area contributed by atoms with Crippen molar-refractivity contribution in [2.75, 3.05) is 24.8 Å². The van der Waals surface area contributed by atoms with Crippen LogP contribution >= 0.6 is 11.3 Å². The van der Waals surface area contributed by atoms with Gasteiger partial charge in [0, 0.05) is 19.6 Å². The molecule has 5 rings (SSSR count). The fraction of sp³-hybridized carbons (Fsp3) is 0.333. The number of anilines is 1. The standard InChI is InChI=1S/C21H21N3O3S/c25-20(22-11-14-7-8-17-18(10-14)27-13-26-17)15-4-3-9-24(12-15)21-23-16-5-1-2-6-19(16)28-21/h1-2,5-8,10,15H,3-4,9,11-13H2,(H,22,25)/t15-/m0/s1. The highest BCUT2D eigenvalue weighted by atomic mass is 32.1. The summed E-state index contributed by atoms with van der Waals surface area (Å²) in [4.78, 5) is 19.7. The van der Waals surface area contributed by atoms with Gasteiger partial charge in [-0.15, -0.1) is 0 Å². The molecule has 7 heteroatoms. The van der Waals surface area contributed by atoms with Crippen LogP contribution in [0.15, 0.2) is 42.5 Å². The van der Waals surface area contributed by atoms with Gasteiger partial charge in [-0.3, -0.25) is 4.79 Å². The van der Waals surface area contributed by atoms with E-state index in [1.54, 1.807) is 11.3 Å². The summed E-state index contributed by atoms with van der Waals surface area (Å²) in [6.07, 6.45) is 1.91. The zero-order chi connectivity index (χ0) is 18.9. The Hall–Kier alpha value is -2.80. The van der Waals surface area contributed by atoms with Gasteiger partial charge in [-0.05, 0) is 42.7 Å². The van der Waals surface area contributed by atoms with Gasteiger partial charge in [0.1, 0.15) is 0 Å². The number of piperidine rings is 1. The van der Waals surface area contributed by atoms with Gasteiger partial charge in [0.25, 0.3) is 0 Å². The van der Waals surface area contributed by atoms with Crippen LogP contribution in [-0.4, -0.2) is 30.8 Å². The van der Waals surface area contributed by atoms with Crippen molar-refractivity contribution in [1.29, 1.82) is 0 Å². The molecule has 1 atom stereocenters. The molecular formula is C21H21N3O3S. The maximum atomic E-state index is 12.7. The van der Waals surface area contributed by atoms with Crippen LogP contribution in [0, 0.1) is 5.92 Å². The molecule has 0 aliphatic carbocycles. The van der Waals surface area contributed by atoms with E-state index in [1.807, 2.05) is 36.4 Å². The highest BCUT2D eigenvalue weighted by Crippen LogP contribution is 2.33. The zero-order valence-electron chi connectivity index (χ0n) is 15.4. The average molecular weight is 395 g/mol. The predicted molar refractivity (Wildman–Crippen MR) is 109 cm³/mol. The van der Waals surface area contributed by atoms with Gasteiger partial charge in [-0.25, -0.2) is 4.98 Å². The summed E-state index contributed by atoms with van der Waals surface area (Å²) in [5.41, 5.74) is 2.04. The van der Waals surface area contributed by atoms with Crippen molar-refractivity contribution in [3.05, 3.63) is 48.0 Å². The highest BCUT2D eigenvalue weighted by Gasteiger charge is 2.27. The van der Waals surface area contributed by atoms with Gasteiger partial charge >= 0.3 is 0 Å². The van der Waals surface area contributed by atoms with Gasteiger partial charge in [-0.1, -0.05) is 29.5 Å². The third kappa shape index (κ3) is 3.38. The molecular weight excluding hydrogens is 374 g/mol. The van der Waals surface area contributed by atoms with E-state index in [-0.39, 0.29) is 18.6 Å². The molecule has 2 aromatic carbocycles. The van der Waals surface area contributed by atoms with E-state index >= 15 is 0 Å². The highest BCUT2D eigenvalue weighted by molar-refractivity contribution is 7.22. The quantitative estimate of drug-likeness (QED) is 0.732. The van der Waals surface area contributed by atoms with E-state index in [2.05, 4.69) is 16.3 Å². The molecule has 3 aromatic rings. The molecule has 0 spiro atoms. The fourth-order valence-electron chi connectivity index (χ4n) is 3.74. The lowest BCUT2D eigenvalue weighted by molar-refractivity contribution is -0.125. The molecule has 1 amide bonds. The van der Waals surface area contributed by atoms with Gasteiger partial charge in [0.05, 0.1) is 16.1 Å². The predicted octanol–water partition coefficient (Wildman–Crippen LogP) is 3.56. The van der Waals surface area contributed by atoms with Crippen molar-refractivity contribution in [2.45, 2.75) is 19.4 Å². The molecule has 144 valence electrons. The molecule has 3 heterocycles. The molecule has 2 aliphatic heterocycles. The number of nitrogens with zero attached hydrogens (tertiary/aromatic N) is 2. The number of hydrogen-bond acceptors (Lipinski definition) is 6. The zero-order valence-corrected chi connectivity index (χ0v) is 16.2. The SMILES string of the molecule is O=C(NCc1ccc2c(c1)OCO2)[C@H]1CCCN(c2nc3ccccc3s2)C1. The lowest BCUT2D eigenvalue weighted by Crippen LogP contribution is -2.42. The molecule has 0 unspecified atom stereocenters. The van der Waals surface area contributed by atoms with Crippen LogP contribution in [0.2, 0.25) is 0 Å². The van der Waals surface area contributed by atoms with Crippen LogP contribution in [0.4, 0.5) is 5.13 Å². The first-order chi connectivity index (χ1) is 13.8. The van der Waals surface area contributed by atoms with Crippen molar-refractivity contribution in [2.24, 2.45) is 5.92 Å². The Morgan fingerprint density at radius 3 is 3.04 bits per heavy atom. The summed E-state index contributed by atoms with van der Waals surface area (Å²) in [7, 11) is 0. The van der Waals surface area contributed by atoms with E-state index in [4.69, 9.17) is 14.5 Å². The number of amides is 1. The molecule has 6 nitrogen and oxygen atoms in total. The van der Waals surface area contributed by atoms with Crippen molar-refractivity contribution < 1.29 is 14.3 Å². The number of aromatic nitrogens is 1. The fourth-order valence-corrected chi connectivity index (χ4v) is 4.75. The van der Waals surface area contributed by atoms with E-state index in [9.17, 15) is 4.79 Å². The first-order valence-corrected chi connectivity index (χ1v) is 10.3. The van der Waals surface area contributed by atoms with Crippen LogP contribution in [0.1, 0.15) is 18.4 Å². The van der Waals surface area contributed by atoms with Gasteiger partial charge in [-0.2, -0.15) is 0 Å². The van der Waals surface area contributed by atoms with Crippen molar-refractivity contribution >= 4 is 32.6 Å². The molecule has 1 fully saturated rings. The van der Waals surface area contributed by atoms with Crippen molar-refractivity contribution in [1.82, 2.24) is 10.3 Å². The smallest absolute Gasteiger partial charge is 0.231 e. The first kappa shape index (κ1) is 17.3. The van der Waals surface area contributed by atoms with E-state index in [0.29, 0.717) is 13.1 Å². The van der Waals surface area contributed by atoms with Crippen LogP contribution in [0.3, 0.4) is 0 Å². The van der Waals surface area contributed by atoms with E-state index < -0.39 is 0 Å². The van der Waals surface area contributed by atoms with Crippen LogP contribution in [0.25, 0.3) is 10.2 Å². The second-order valence-electron chi connectivity index (χ2n) is 7.15.